The molecule has 0 bridgehead atoms. The van der Waals surface area contributed by atoms with Gasteiger partial charge in [-0.3, -0.25) is 14.7 Å². The van der Waals surface area contributed by atoms with Gasteiger partial charge in [0, 0.05) is 30.1 Å². The van der Waals surface area contributed by atoms with Gasteiger partial charge in [-0.05, 0) is 38.9 Å². The molecule has 3 nitrogen and oxygen atoms in total. The van der Waals surface area contributed by atoms with E-state index in [0.29, 0.717) is 5.78 Å². The standard InChI is InChI=1S/C17H26N2O/c1-13-7-5-9-15(18-13)12-19(4)11-14-8-6-10-17(2,3)16(14)20/h5,7,9,14H,6,8,10-12H2,1-4H3. The van der Waals surface area contributed by atoms with Crippen molar-refractivity contribution in [3.8, 4) is 0 Å². The summed E-state index contributed by atoms with van der Waals surface area (Å²) in [6.45, 7) is 7.84. The Morgan fingerprint density at radius 3 is 2.85 bits per heavy atom. The number of rotatable bonds is 4. The summed E-state index contributed by atoms with van der Waals surface area (Å²) in [4.78, 5) is 19.2. The average Bonchev–Trinajstić information content (AvgIpc) is 2.35. The Balaban J connectivity index is 1.94. The van der Waals surface area contributed by atoms with Crippen LogP contribution in [0.1, 0.15) is 44.5 Å². The SMILES string of the molecule is Cc1cccc(CN(C)CC2CCCC(C)(C)C2=O)n1. The van der Waals surface area contributed by atoms with Crippen LogP contribution < -0.4 is 0 Å². The summed E-state index contributed by atoms with van der Waals surface area (Å²) >= 11 is 0. The number of hydrogen-bond donors (Lipinski definition) is 0. The Bertz CT molecular complexity index is 482. The molecule has 0 aliphatic heterocycles. The van der Waals surface area contributed by atoms with E-state index in [4.69, 9.17) is 0 Å². The van der Waals surface area contributed by atoms with Crippen molar-refractivity contribution >= 4 is 5.78 Å². The monoisotopic (exact) mass is 274 g/mol. The van der Waals surface area contributed by atoms with E-state index in [9.17, 15) is 4.79 Å². The second-order valence-electron chi connectivity index (χ2n) is 6.80. The van der Waals surface area contributed by atoms with Crippen LogP contribution in [-0.4, -0.2) is 29.3 Å². The number of aryl methyl sites for hydroxylation is 1. The quantitative estimate of drug-likeness (QED) is 0.845. The maximum Gasteiger partial charge on any atom is 0.142 e. The summed E-state index contributed by atoms with van der Waals surface area (Å²) in [7, 11) is 2.08. The summed E-state index contributed by atoms with van der Waals surface area (Å²) in [6.07, 6.45) is 3.24. The molecule has 1 atom stereocenters. The first kappa shape index (κ1) is 15.2. The van der Waals surface area contributed by atoms with Gasteiger partial charge >= 0.3 is 0 Å². The number of carbonyl (C=O) groups excluding carboxylic acids is 1. The first-order chi connectivity index (χ1) is 9.38. The zero-order valence-electron chi connectivity index (χ0n) is 13.1. The molecule has 1 aliphatic rings. The molecule has 1 aromatic heterocycles. The highest BCUT2D eigenvalue weighted by Gasteiger charge is 2.37. The molecule has 110 valence electrons. The average molecular weight is 274 g/mol. The van der Waals surface area contributed by atoms with Crippen molar-refractivity contribution in [3.05, 3.63) is 29.6 Å². The van der Waals surface area contributed by atoms with Crippen molar-refractivity contribution in [2.45, 2.75) is 46.6 Å². The van der Waals surface area contributed by atoms with E-state index >= 15 is 0 Å². The third-order valence-electron chi connectivity index (χ3n) is 4.30. The molecule has 0 radical (unpaired) electrons. The molecular formula is C17H26N2O. The maximum atomic E-state index is 12.4. The highest BCUT2D eigenvalue weighted by atomic mass is 16.1. The molecule has 1 fully saturated rings. The predicted molar refractivity (Wildman–Crippen MR) is 81.4 cm³/mol. The third kappa shape index (κ3) is 3.66. The van der Waals surface area contributed by atoms with Crippen molar-refractivity contribution < 1.29 is 4.79 Å². The topological polar surface area (TPSA) is 33.2 Å². The largest absolute Gasteiger partial charge is 0.300 e. The number of pyridine rings is 1. The molecule has 1 aromatic rings. The fourth-order valence-corrected chi connectivity index (χ4v) is 3.18. The van der Waals surface area contributed by atoms with Crippen molar-refractivity contribution in [2.24, 2.45) is 11.3 Å². The Kier molecular flexibility index (Phi) is 4.59. The molecule has 20 heavy (non-hydrogen) atoms. The van der Waals surface area contributed by atoms with Gasteiger partial charge in [0.2, 0.25) is 0 Å². The Labute approximate surface area is 122 Å². The van der Waals surface area contributed by atoms with Gasteiger partial charge in [0.15, 0.2) is 0 Å². The van der Waals surface area contributed by atoms with Crippen molar-refractivity contribution in [1.29, 1.82) is 0 Å². The fourth-order valence-electron chi connectivity index (χ4n) is 3.18. The minimum atomic E-state index is -0.134. The lowest BCUT2D eigenvalue weighted by atomic mass is 9.71. The molecule has 1 saturated carbocycles. The molecule has 0 aromatic carbocycles. The zero-order chi connectivity index (χ0) is 14.8. The summed E-state index contributed by atoms with van der Waals surface area (Å²) in [6, 6.07) is 6.10. The number of carbonyl (C=O) groups is 1. The molecule has 0 amide bonds. The van der Waals surface area contributed by atoms with Crippen LogP contribution in [0.4, 0.5) is 0 Å². The van der Waals surface area contributed by atoms with Crippen LogP contribution >= 0.6 is 0 Å². The van der Waals surface area contributed by atoms with Gasteiger partial charge in [0.1, 0.15) is 5.78 Å². The number of Topliss-reactive ketones (excluding diaryl/α,β-unsaturated/α-hetero) is 1. The Morgan fingerprint density at radius 1 is 1.40 bits per heavy atom. The van der Waals surface area contributed by atoms with Gasteiger partial charge in [0.05, 0.1) is 5.69 Å². The highest BCUT2D eigenvalue weighted by Crippen LogP contribution is 2.35. The molecule has 1 unspecified atom stereocenters. The van der Waals surface area contributed by atoms with Crippen LogP contribution in [0.2, 0.25) is 0 Å². The van der Waals surface area contributed by atoms with Crippen LogP contribution in [0.25, 0.3) is 0 Å². The van der Waals surface area contributed by atoms with E-state index in [1.54, 1.807) is 0 Å². The summed E-state index contributed by atoms with van der Waals surface area (Å²) < 4.78 is 0. The summed E-state index contributed by atoms with van der Waals surface area (Å²) in [5.41, 5.74) is 1.99. The first-order valence-corrected chi connectivity index (χ1v) is 7.54. The van der Waals surface area contributed by atoms with Gasteiger partial charge in [-0.15, -0.1) is 0 Å². The number of nitrogens with zero attached hydrogens (tertiary/aromatic N) is 2. The van der Waals surface area contributed by atoms with Crippen LogP contribution in [-0.2, 0) is 11.3 Å². The number of hydrogen-bond acceptors (Lipinski definition) is 3. The first-order valence-electron chi connectivity index (χ1n) is 7.54. The van der Waals surface area contributed by atoms with E-state index < -0.39 is 0 Å². The molecule has 0 saturated heterocycles. The van der Waals surface area contributed by atoms with Gasteiger partial charge in [0.25, 0.3) is 0 Å². The van der Waals surface area contributed by atoms with Crippen molar-refractivity contribution in [2.75, 3.05) is 13.6 Å². The molecule has 3 heteroatoms. The van der Waals surface area contributed by atoms with Gasteiger partial charge in [-0.2, -0.15) is 0 Å². The minimum Gasteiger partial charge on any atom is -0.300 e. The molecule has 0 N–H and O–H groups in total. The van der Waals surface area contributed by atoms with Gasteiger partial charge < -0.3 is 0 Å². The second kappa shape index (κ2) is 6.04. The third-order valence-corrected chi connectivity index (χ3v) is 4.30. The van der Waals surface area contributed by atoms with Gasteiger partial charge in [-0.25, -0.2) is 0 Å². The Morgan fingerprint density at radius 2 is 2.15 bits per heavy atom. The van der Waals surface area contributed by atoms with Crippen LogP contribution in [0.3, 0.4) is 0 Å². The van der Waals surface area contributed by atoms with Crippen LogP contribution in [0.15, 0.2) is 18.2 Å². The summed E-state index contributed by atoms with van der Waals surface area (Å²) in [5.74, 6) is 0.626. The minimum absolute atomic E-state index is 0.134. The van der Waals surface area contributed by atoms with Crippen LogP contribution in [0.5, 0.6) is 0 Å². The van der Waals surface area contributed by atoms with Crippen molar-refractivity contribution in [1.82, 2.24) is 9.88 Å². The smallest absolute Gasteiger partial charge is 0.142 e. The highest BCUT2D eigenvalue weighted by molar-refractivity contribution is 5.87. The molecule has 0 spiro atoms. The fraction of sp³-hybridized carbons (Fsp3) is 0.647. The lowest BCUT2D eigenvalue weighted by Gasteiger charge is -2.35. The lowest BCUT2D eigenvalue weighted by molar-refractivity contribution is -0.134. The molecular weight excluding hydrogens is 248 g/mol. The maximum absolute atomic E-state index is 12.4. The van der Waals surface area contributed by atoms with E-state index in [1.807, 2.05) is 19.1 Å². The van der Waals surface area contributed by atoms with Gasteiger partial charge in [-0.1, -0.05) is 26.3 Å². The van der Waals surface area contributed by atoms with Crippen LogP contribution in [0, 0.1) is 18.3 Å². The normalized spacial score (nSPS) is 22.2. The second-order valence-corrected chi connectivity index (χ2v) is 6.80. The molecule has 1 heterocycles. The number of ketones is 1. The summed E-state index contributed by atoms with van der Waals surface area (Å²) in [5, 5.41) is 0. The van der Waals surface area contributed by atoms with E-state index in [1.165, 1.54) is 6.42 Å². The Hall–Kier alpha value is -1.22. The van der Waals surface area contributed by atoms with Crippen molar-refractivity contribution in [3.63, 3.8) is 0 Å². The zero-order valence-corrected chi connectivity index (χ0v) is 13.1. The van der Waals surface area contributed by atoms with E-state index in [-0.39, 0.29) is 11.3 Å². The molecule has 1 aliphatic carbocycles. The van der Waals surface area contributed by atoms with E-state index in [0.717, 1.165) is 37.3 Å². The lowest BCUT2D eigenvalue weighted by Crippen LogP contribution is -2.40. The van der Waals surface area contributed by atoms with E-state index in [2.05, 4.69) is 36.8 Å². The molecule has 2 rings (SSSR count). The predicted octanol–water partition coefficient (Wildman–Crippen LogP) is 3.22. The number of aromatic nitrogens is 1.